The quantitative estimate of drug-likeness (QED) is 0.822. The zero-order valence-electron chi connectivity index (χ0n) is 12.2. The molecule has 122 valence electrons. The minimum Gasteiger partial charge on any atom is -0.339 e. The number of rotatable bonds is 2. The molecule has 1 fully saturated rings. The third-order valence-electron chi connectivity index (χ3n) is 4.02. The molecule has 0 aliphatic carbocycles. The van der Waals surface area contributed by atoms with Crippen molar-refractivity contribution in [2.45, 2.75) is 24.9 Å². The zero-order chi connectivity index (χ0) is 16.4. The van der Waals surface area contributed by atoms with E-state index >= 15 is 0 Å². The summed E-state index contributed by atoms with van der Waals surface area (Å²) < 4.78 is 38.3. The van der Waals surface area contributed by atoms with Crippen LogP contribution in [0.15, 0.2) is 35.8 Å². The van der Waals surface area contributed by atoms with Crippen molar-refractivity contribution in [2.75, 3.05) is 13.1 Å². The first kappa shape index (κ1) is 16.0. The minimum absolute atomic E-state index is 0.0903. The lowest BCUT2D eigenvalue weighted by Crippen LogP contribution is -2.38. The first-order chi connectivity index (χ1) is 10.9. The van der Waals surface area contributed by atoms with Gasteiger partial charge in [-0.05, 0) is 31.0 Å². The molecule has 1 aromatic carbocycles. The molecule has 3 nitrogen and oxygen atoms in total. The Hall–Kier alpha value is -1.89. The van der Waals surface area contributed by atoms with Gasteiger partial charge in [-0.2, -0.15) is 13.2 Å². The molecule has 0 atom stereocenters. The van der Waals surface area contributed by atoms with E-state index in [2.05, 4.69) is 4.98 Å². The summed E-state index contributed by atoms with van der Waals surface area (Å²) in [6.45, 7) is 1.08. The molecule has 1 aromatic heterocycles. The van der Waals surface area contributed by atoms with E-state index < -0.39 is 11.7 Å². The number of thiazole rings is 1. The molecule has 0 radical (unpaired) electrons. The number of nitrogens with zero attached hydrogens (tertiary/aromatic N) is 2. The van der Waals surface area contributed by atoms with Crippen molar-refractivity contribution in [1.82, 2.24) is 9.88 Å². The second-order valence-electron chi connectivity index (χ2n) is 5.52. The Morgan fingerprint density at radius 2 is 2.00 bits per heavy atom. The van der Waals surface area contributed by atoms with E-state index in [1.165, 1.54) is 12.1 Å². The largest absolute Gasteiger partial charge is 0.416 e. The first-order valence-electron chi connectivity index (χ1n) is 7.31. The van der Waals surface area contributed by atoms with Crippen LogP contribution in [0.25, 0.3) is 0 Å². The average Bonchev–Trinajstić information content (AvgIpc) is 3.08. The molecule has 0 saturated carbocycles. The summed E-state index contributed by atoms with van der Waals surface area (Å²) in [7, 11) is 0. The van der Waals surface area contributed by atoms with E-state index in [-0.39, 0.29) is 11.5 Å². The number of carbonyl (C=O) groups excluding carboxylic acids is 1. The van der Waals surface area contributed by atoms with E-state index in [1.54, 1.807) is 22.4 Å². The van der Waals surface area contributed by atoms with Crippen LogP contribution in [0.2, 0.25) is 0 Å². The SMILES string of the molecule is O=C(c1cccc(C(F)(F)F)c1)N1CCC(c2nccs2)CC1. The monoisotopic (exact) mass is 340 g/mol. The number of alkyl halides is 3. The van der Waals surface area contributed by atoms with Crippen molar-refractivity contribution in [3.63, 3.8) is 0 Å². The number of hydrogen-bond acceptors (Lipinski definition) is 3. The molecule has 1 saturated heterocycles. The van der Waals surface area contributed by atoms with Crippen LogP contribution in [-0.2, 0) is 6.18 Å². The van der Waals surface area contributed by atoms with E-state index in [1.807, 2.05) is 5.38 Å². The van der Waals surface area contributed by atoms with Gasteiger partial charge in [0.25, 0.3) is 5.91 Å². The summed E-state index contributed by atoms with van der Waals surface area (Å²) >= 11 is 1.60. The van der Waals surface area contributed by atoms with Gasteiger partial charge in [0, 0.05) is 36.1 Å². The second kappa shape index (κ2) is 6.31. The summed E-state index contributed by atoms with van der Waals surface area (Å²) in [4.78, 5) is 18.3. The third-order valence-corrected chi connectivity index (χ3v) is 4.96. The maximum Gasteiger partial charge on any atom is 0.416 e. The van der Waals surface area contributed by atoms with E-state index in [0.29, 0.717) is 19.0 Å². The van der Waals surface area contributed by atoms with Gasteiger partial charge >= 0.3 is 6.18 Å². The average molecular weight is 340 g/mol. The van der Waals surface area contributed by atoms with Crippen LogP contribution in [-0.4, -0.2) is 28.9 Å². The molecule has 23 heavy (non-hydrogen) atoms. The standard InChI is InChI=1S/C16H15F3N2OS/c17-16(18,19)13-3-1-2-12(10-13)15(22)21-7-4-11(5-8-21)14-20-6-9-23-14/h1-3,6,9-11H,4-5,7-8H2. The molecule has 1 aliphatic rings. The number of carbonyl (C=O) groups is 1. The molecule has 2 heterocycles. The van der Waals surface area contributed by atoms with E-state index in [9.17, 15) is 18.0 Å². The Kier molecular flexibility index (Phi) is 4.39. The number of hydrogen-bond donors (Lipinski definition) is 0. The molecule has 0 unspecified atom stereocenters. The number of piperidine rings is 1. The van der Waals surface area contributed by atoms with Crippen molar-refractivity contribution in [3.8, 4) is 0 Å². The van der Waals surface area contributed by atoms with Crippen LogP contribution in [0, 0.1) is 0 Å². The smallest absolute Gasteiger partial charge is 0.339 e. The van der Waals surface area contributed by atoms with Gasteiger partial charge in [0.05, 0.1) is 10.6 Å². The third kappa shape index (κ3) is 3.55. The fourth-order valence-corrected chi connectivity index (χ4v) is 3.59. The molecule has 3 rings (SSSR count). The second-order valence-corrected chi connectivity index (χ2v) is 6.44. The summed E-state index contributed by atoms with van der Waals surface area (Å²) in [5.41, 5.74) is -0.700. The van der Waals surface area contributed by atoms with Crippen LogP contribution < -0.4 is 0 Å². The van der Waals surface area contributed by atoms with E-state index in [4.69, 9.17) is 0 Å². The fourth-order valence-electron chi connectivity index (χ4n) is 2.78. The summed E-state index contributed by atoms with van der Waals surface area (Å²) in [6, 6.07) is 4.61. The summed E-state index contributed by atoms with van der Waals surface area (Å²) in [6.07, 6.45) is -1.09. The van der Waals surface area contributed by atoms with Gasteiger partial charge < -0.3 is 4.90 Å². The van der Waals surface area contributed by atoms with Crippen molar-refractivity contribution < 1.29 is 18.0 Å². The molecule has 0 spiro atoms. The van der Waals surface area contributed by atoms with Crippen molar-refractivity contribution in [2.24, 2.45) is 0 Å². The molecule has 1 amide bonds. The van der Waals surface area contributed by atoms with Gasteiger partial charge in [0.15, 0.2) is 0 Å². The molecule has 0 bridgehead atoms. The fraction of sp³-hybridized carbons (Fsp3) is 0.375. The van der Waals surface area contributed by atoms with Gasteiger partial charge in [-0.15, -0.1) is 11.3 Å². The Morgan fingerprint density at radius 3 is 2.61 bits per heavy atom. The van der Waals surface area contributed by atoms with Gasteiger partial charge in [-0.1, -0.05) is 6.07 Å². The molecule has 7 heteroatoms. The van der Waals surface area contributed by atoms with Crippen LogP contribution in [0.5, 0.6) is 0 Å². The molecule has 0 N–H and O–H groups in total. The maximum absolute atomic E-state index is 12.8. The Balaban J connectivity index is 1.68. The zero-order valence-corrected chi connectivity index (χ0v) is 13.0. The topological polar surface area (TPSA) is 33.2 Å². The van der Waals surface area contributed by atoms with Crippen LogP contribution in [0.4, 0.5) is 13.2 Å². The van der Waals surface area contributed by atoms with Gasteiger partial charge in [0.1, 0.15) is 0 Å². The van der Waals surface area contributed by atoms with Crippen LogP contribution in [0.3, 0.4) is 0 Å². The number of amides is 1. The summed E-state index contributed by atoms with van der Waals surface area (Å²) in [5.74, 6) is -0.00533. The van der Waals surface area contributed by atoms with Crippen LogP contribution in [0.1, 0.15) is 39.7 Å². The highest BCUT2D eigenvalue weighted by Crippen LogP contribution is 2.32. The van der Waals surface area contributed by atoms with Gasteiger partial charge in [-0.3, -0.25) is 4.79 Å². The maximum atomic E-state index is 12.8. The van der Waals surface area contributed by atoms with Crippen molar-refractivity contribution >= 4 is 17.2 Å². The van der Waals surface area contributed by atoms with Crippen molar-refractivity contribution in [1.29, 1.82) is 0 Å². The number of aromatic nitrogens is 1. The lowest BCUT2D eigenvalue weighted by molar-refractivity contribution is -0.137. The molecule has 2 aromatic rings. The van der Waals surface area contributed by atoms with Crippen LogP contribution >= 0.6 is 11.3 Å². The predicted molar refractivity (Wildman–Crippen MR) is 81.4 cm³/mol. The highest BCUT2D eigenvalue weighted by atomic mass is 32.1. The highest BCUT2D eigenvalue weighted by Gasteiger charge is 2.32. The molecular formula is C16H15F3N2OS. The normalized spacial score (nSPS) is 16.6. The number of halogens is 3. The molecular weight excluding hydrogens is 325 g/mol. The predicted octanol–water partition coefficient (Wildman–Crippen LogP) is 4.18. The highest BCUT2D eigenvalue weighted by molar-refractivity contribution is 7.09. The summed E-state index contributed by atoms with van der Waals surface area (Å²) in [5, 5.41) is 2.99. The number of likely N-dealkylation sites (tertiary alicyclic amines) is 1. The Morgan fingerprint density at radius 1 is 1.26 bits per heavy atom. The van der Waals surface area contributed by atoms with Gasteiger partial charge in [0.2, 0.25) is 0 Å². The van der Waals surface area contributed by atoms with E-state index in [0.717, 1.165) is 30.0 Å². The lowest BCUT2D eigenvalue weighted by atomic mass is 9.97. The Bertz CT molecular complexity index is 677. The van der Waals surface area contributed by atoms with Crippen molar-refractivity contribution in [3.05, 3.63) is 52.0 Å². The number of benzene rings is 1. The molecule has 1 aliphatic heterocycles. The first-order valence-corrected chi connectivity index (χ1v) is 8.19. The Labute approximate surface area is 135 Å². The minimum atomic E-state index is -4.44. The lowest BCUT2D eigenvalue weighted by Gasteiger charge is -2.31. The van der Waals surface area contributed by atoms with Gasteiger partial charge in [-0.25, -0.2) is 4.98 Å².